The average molecular weight is 267 g/mol. The van der Waals surface area contributed by atoms with Crippen molar-refractivity contribution in [2.24, 2.45) is 17.8 Å². The molecule has 0 aliphatic heterocycles. The van der Waals surface area contributed by atoms with Gasteiger partial charge in [-0.3, -0.25) is 4.98 Å². The Morgan fingerprint density at radius 3 is 2.65 bits per heavy atom. The summed E-state index contributed by atoms with van der Waals surface area (Å²) in [7, 11) is 0. The van der Waals surface area contributed by atoms with E-state index in [0.717, 1.165) is 23.8 Å². The zero-order valence-electron chi connectivity index (χ0n) is 11.7. The van der Waals surface area contributed by atoms with Crippen molar-refractivity contribution in [3.63, 3.8) is 0 Å². The number of aromatic nitrogens is 1. The first kappa shape index (κ1) is 12.3. The predicted molar refractivity (Wildman–Crippen MR) is 80.4 cm³/mol. The third kappa shape index (κ3) is 2.03. The van der Waals surface area contributed by atoms with E-state index in [1.165, 1.54) is 36.6 Å². The quantitative estimate of drug-likeness (QED) is 0.922. The Labute approximate surface area is 119 Å². The summed E-state index contributed by atoms with van der Waals surface area (Å²) in [6.45, 7) is 0. The number of rotatable bonds is 3. The highest BCUT2D eigenvalue weighted by Gasteiger charge is 2.53. The van der Waals surface area contributed by atoms with Crippen LogP contribution in [0.5, 0.6) is 0 Å². The molecule has 20 heavy (non-hydrogen) atoms. The minimum atomic E-state index is -0.172. The molecule has 1 heterocycles. The first-order valence-corrected chi connectivity index (χ1v) is 7.85. The Balaban J connectivity index is 1.56. The van der Waals surface area contributed by atoms with E-state index in [-0.39, 0.29) is 6.10 Å². The average Bonchev–Trinajstić information content (AvgIpc) is 3.22. The molecule has 2 aliphatic rings. The lowest BCUT2D eigenvalue weighted by atomic mass is 9.99. The second-order valence-corrected chi connectivity index (χ2v) is 6.45. The van der Waals surface area contributed by atoms with Gasteiger partial charge in [0.1, 0.15) is 0 Å². The number of fused-ring (bicyclic) bond motifs is 2. The molecular weight excluding hydrogens is 246 g/mol. The maximum absolute atomic E-state index is 10.6. The summed E-state index contributed by atoms with van der Waals surface area (Å²) in [4.78, 5) is 4.40. The molecule has 2 fully saturated rings. The van der Waals surface area contributed by atoms with Crippen LogP contribution < -0.4 is 0 Å². The summed E-state index contributed by atoms with van der Waals surface area (Å²) in [5, 5.41) is 11.8. The Morgan fingerprint density at radius 1 is 1.10 bits per heavy atom. The van der Waals surface area contributed by atoms with Crippen LogP contribution in [-0.4, -0.2) is 16.2 Å². The molecule has 2 saturated carbocycles. The minimum Gasteiger partial charge on any atom is -0.392 e. The number of hydrogen-bond acceptors (Lipinski definition) is 2. The highest BCUT2D eigenvalue weighted by atomic mass is 16.3. The zero-order chi connectivity index (χ0) is 13.5. The first-order valence-electron chi connectivity index (χ1n) is 7.85. The summed E-state index contributed by atoms with van der Waals surface area (Å²) >= 11 is 0. The van der Waals surface area contributed by atoms with Crippen LogP contribution in [-0.2, 0) is 6.42 Å². The van der Waals surface area contributed by atoms with Crippen molar-refractivity contribution in [3.05, 3.63) is 42.1 Å². The molecule has 0 radical (unpaired) electrons. The van der Waals surface area contributed by atoms with Crippen LogP contribution in [0.2, 0.25) is 0 Å². The van der Waals surface area contributed by atoms with Gasteiger partial charge >= 0.3 is 0 Å². The number of aliphatic hydroxyl groups is 1. The van der Waals surface area contributed by atoms with E-state index in [0.29, 0.717) is 5.92 Å². The fourth-order valence-electron chi connectivity index (χ4n) is 4.31. The highest BCUT2D eigenvalue weighted by Crippen LogP contribution is 2.57. The van der Waals surface area contributed by atoms with Gasteiger partial charge in [0, 0.05) is 11.6 Å². The van der Waals surface area contributed by atoms with Crippen molar-refractivity contribution in [2.45, 2.75) is 38.2 Å². The molecule has 104 valence electrons. The Hall–Kier alpha value is -1.41. The fraction of sp³-hybridized carbons (Fsp3) is 0.500. The van der Waals surface area contributed by atoms with Gasteiger partial charge in [-0.1, -0.05) is 31.0 Å². The van der Waals surface area contributed by atoms with Gasteiger partial charge in [-0.05, 0) is 54.7 Å². The van der Waals surface area contributed by atoms with Gasteiger partial charge in [0.05, 0.1) is 11.6 Å². The summed E-state index contributed by atoms with van der Waals surface area (Å²) in [6.07, 6.45) is 7.87. The van der Waals surface area contributed by atoms with Gasteiger partial charge in [-0.25, -0.2) is 0 Å². The van der Waals surface area contributed by atoms with Crippen molar-refractivity contribution >= 4 is 10.9 Å². The van der Waals surface area contributed by atoms with Gasteiger partial charge in [0.2, 0.25) is 0 Å². The van der Waals surface area contributed by atoms with E-state index in [4.69, 9.17) is 0 Å². The second-order valence-electron chi connectivity index (χ2n) is 6.45. The van der Waals surface area contributed by atoms with E-state index in [9.17, 15) is 5.11 Å². The van der Waals surface area contributed by atoms with Crippen molar-refractivity contribution < 1.29 is 5.11 Å². The van der Waals surface area contributed by atoms with Crippen LogP contribution in [0.15, 0.2) is 36.5 Å². The molecule has 0 bridgehead atoms. The monoisotopic (exact) mass is 267 g/mol. The molecule has 2 heteroatoms. The van der Waals surface area contributed by atoms with E-state index in [1.54, 1.807) is 0 Å². The molecule has 0 saturated heterocycles. The lowest BCUT2D eigenvalue weighted by Gasteiger charge is -2.12. The van der Waals surface area contributed by atoms with Gasteiger partial charge < -0.3 is 5.11 Å². The van der Waals surface area contributed by atoms with Crippen LogP contribution in [0.4, 0.5) is 0 Å². The first-order chi connectivity index (χ1) is 9.84. The number of benzene rings is 1. The van der Waals surface area contributed by atoms with Gasteiger partial charge in [-0.15, -0.1) is 0 Å². The van der Waals surface area contributed by atoms with E-state index >= 15 is 0 Å². The smallest absolute Gasteiger partial charge is 0.0704 e. The normalized spacial score (nSPS) is 29.9. The topological polar surface area (TPSA) is 33.1 Å². The van der Waals surface area contributed by atoms with E-state index < -0.39 is 0 Å². The largest absolute Gasteiger partial charge is 0.392 e. The Morgan fingerprint density at radius 2 is 1.85 bits per heavy atom. The van der Waals surface area contributed by atoms with Gasteiger partial charge in [0.15, 0.2) is 0 Å². The van der Waals surface area contributed by atoms with Crippen LogP contribution in [0.3, 0.4) is 0 Å². The van der Waals surface area contributed by atoms with E-state index in [2.05, 4.69) is 23.2 Å². The number of para-hydroxylation sites is 1. The number of nitrogens with zero attached hydrogens (tertiary/aromatic N) is 1. The van der Waals surface area contributed by atoms with Crippen LogP contribution in [0, 0.1) is 17.8 Å². The summed E-state index contributed by atoms with van der Waals surface area (Å²) in [5.41, 5.74) is 2.28. The lowest BCUT2D eigenvalue weighted by molar-refractivity contribution is 0.141. The molecule has 2 aliphatic carbocycles. The second kappa shape index (κ2) is 4.85. The predicted octanol–water partition coefficient (Wildman–Crippen LogP) is 3.57. The summed E-state index contributed by atoms with van der Waals surface area (Å²) in [6, 6.07) is 10.3. The molecule has 2 aromatic rings. The van der Waals surface area contributed by atoms with Crippen molar-refractivity contribution in [1.82, 2.24) is 4.98 Å². The Kier molecular flexibility index (Phi) is 2.99. The van der Waals surface area contributed by atoms with Gasteiger partial charge in [-0.2, -0.15) is 0 Å². The van der Waals surface area contributed by atoms with Crippen molar-refractivity contribution in [3.8, 4) is 0 Å². The highest BCUT2D eigenvalue weighted by molar-refractivity contribution is 5.81. The third-order valence-electron chi connectivity index (χ3n) is 5.34. The van der Waals surface area contributed by atoms with E-state index in [1.807, 2.05) is 18.3 Å². The summed E-state index contributed by atoms with van der Waals surface area (Å²) in [5.74, 6) is 2.18. The molecule has 3 atom stereocenters. The molecule has 1 N–H and O–H groups in total. The minimum absolute atomic E-state index is 0.172. The maximum Gasteiger partial charge on any atom is 0.0704 e. The molecule has 3 unspecified atom stereocenters. The third-order valence-corrected chi connectivity index (χ3v) is 5.34. The summed E-state index contributed by atoms with van der Waals surface area (Å²) < 4.78 is 0. The number of pyridine rings is 1. The molecule has 2 nitrogen and oxygen atoms in total. The maximum atomic E-state index is 10.6. The molecule has 1 aromatic heterocycles. The Bertz CT molecular complexity index is 606. The molecule has 4 rings (SSSR count). The van der Waals surface area contributed by atoms with Crippen LogP contribution in [0.1, 0.15) is 31.2 Å². The van der Waals surface area contributed by atoms with Crippen LogP contribution >= 0.6 is 0 Å². The fourth-order valence-corrected chi connectivity index (χ4v) is 4.31. The molecule has 0 amide bonds. The number of hydrogen-bond donors (Lipinski definition) is 1. The van der Waals surface area contributed by atoms with Crippen LogP contribution in [0.25, 0.3) is 10.9 Å². The molecular formula is C18H21NO. The van der Waals surface area contributed by atoms with Gasteiger partial charge in [0.25, 0.3) is 0 Å². The molecule has 0 spiro atoms. The van der Waals surface area contributed by atoms with Crippen molar-refractivity contribution in [2.75, 3.05) is 0 Å². The lowest BCUT2D eigenvalue weighted by Crippen LogP contribution is -2.15. The number of aliphatic hydroxyl groups excluding tert-OH is 1. The molecule has 1 aromatic carbocycles. The van der Waals surface area contributed by atoms with Crippen molar-refractivity contribution in [1.29, 1.82) is 0 Å². The zero-order valence-corrected chi connectivity index (χ0v) is 11.7. The SMILES string of the molecule is OC(Cc1ccnc2ccccc12)C1C2CCCCC21. The standard InChI is InChI=1S/C18H21NO/c20-17(18-14-6-1-2-7-15(14)18)11-12-9-10-19-16-8-4-3-5-13(12)16/h3-5,8-10,14-15,17-18,20H,1-2,6-7,11H2.